The van der Waals surface area contributed by atoms with Gasteiger partial charge in [-0.15, -0.1) is 6.42 Å². The van der Waals surface area contributed by atoms with Crippen molar-refractivity contribution in [3.63, 3.8) is 0 Å². The number of ether oxygens (including phenoxy) is 1. The van der Waals surface area contributed by atoms with Crippen LogP contribution in [0.1, 0.15) is 38.5 Å². The van der Waals surface area contributed by atoms with Gasteiger partial charge in [0.1, 0.15) is 6.61 Å². The molecule has 0 aliphatic carbocycles. The molecule has 0 spiro atoms. The van der Waals surface area contributed by atoms with Gasteiger partial charge in [0, 0.05) is 26.2 Å². The highest BCUT2D eigenvalue weighted by molar-refractivity contribution is 5.82. The van der Waals surface area contributed by atoms with Gasteiger partial charge in [-0.25, -0.2) is 0 Å². The average molecular weight is 349 g/mol. The van der Waals surface area contributed by atoms with Crippen molar-refractivity contribution >= 4 is 11.8 Å². The van der Waals surface area contributed by atoms with E-state index in [0.29, 0.717) is 19.6 Å². The third kappa shape index (κ3) is 5.45. The molecule has 0 aromatic carbocycles. The SMILES string of the molecule is C#CCOCCC(=O)N1CCCC(N(C)C(=O)[C@@H]2CCCCN2C)C1. The smallest absolute Gasteiger partial charge is 0.239 e. The summed E-state index contributed by atoms with van der Waals surface area (Å²) in [4.78, 5) is 31.1. The van der Waals surface area contributed by atoms with Gasteiger partial charge in [-0.2, -0.15) is 0 Å². The standard InChI is InChI=1S/C19H31N3O3/c1-4-13-25-14-10-18(23)22-12-7-8-16(15-22)21(3)19(24)17-9-5-6-11-20(17)2/h1,16-17H,5-15H2,2-3H3/t16?,17-/m0/s1. The summed E-state index contributed by atoms with van der Waals surface area (Å²) in [5, 5.41) is 0. The normalized spacial score (nSPS) is 24.6. The zero-order chi connectivity index (χ0) is 18.2. The second-order valence-electron chi connectivity index (χ2n) is 7.08. The minimum Gasteiger partial charge on any atom is -0.368 e. The fraction of sp³-hybridized carbons (Fsp3) is 0.789. The number of likely N-dealkylation sites (N-methyl/N-ethyl adjacent to an activating group) is 2. The zero-order valence-electron chi connectivity index (χ0n) is 15.6. The molecule has 2 saturated heterocycles. The first-order valence-corrected chi connectivity index (χ1v) is 9.30. The van der Waals surface area contributed by atoms with Gasteiger partial charge >= 0.3 is 0 Å². The van der Waals surface area contributed by atoms with Crippen LogP contribution in [0.4, 0.5) is 0 Å². The van der Waals surface area contributed by atoms with E-state index in [4.69, 9.17) is 11.2 Å². The Morgan fingerprint density at radius 2 is 2.04 bits per heavy atom. The van der Waals surface area contributed by atoms with Crippen molar-refractivity contribution in [2.45, 2.75) is 50.6 Å². The molecule has 25 heavy (non-hydrogen) atoms. The highest BCUT2D eigenvalue weighted by Crippen LogP contribution is 2.21. The lowest BCUT2D eigenvalue weighted by Gasteiger charge is -2.41. The summed E-state index contributed by atoms with van der Waals surface area (Å²) in [5.74, 6) is 2.67. The average Bonchev–Trinajstić information content (AvgIpc) is 2.64. The topological polar surface area (TPSA) is 53.1 Å². The lowest BCUT2D eigenvalue weighted by molar-refractivity contribution is -0.143. The van der Waals surface area contributed by atoms with Crippen LogP contribution in [0.2, 0.25) is 0 Å². The van der Waals surface area contributed by atoms with Gasteiger partial charge in [0.05, 0.1) is 19.1 Å². The Morgan fingerprint density at radius 1 is 1.24 bits per heavy atom. The Morgan fingerprint density at radius 3 is 2.76 bits per heavy atom. The molecule has 0 bridgehead atoms. The number of amides is 2. The van der Waals surface area contributed by atoms with Crippen LogP contribution < -0.4 is 0 Å². The van der Waals surface area contributed by atoms with E-state index in [1.807, 2.05) is 23.9 Å². The van der Waals surface area contributed by atoms with Crippen molar-refractivity contribution in [1.82, 2.24) is 14.7 Å². The molecule has 1 unspecified atom stereocenters. The monoisotopic (exact) mass is 349 g/mol. The molecule has 0 radical (unpaired) electrons. The molecule has 2 heterocycles. The molecule has 0 N–H and O–H groups in total. The summed E-state index contributed by atoms with van der Waals surface area (Å²) in [7, 11) is 3.92. The molecule has 2 fully saturated rings. The van der Waals surface area contributed by atoms with Crippen LogP contribution >= 0.6 is 0 Å². The molecule has 6 heteroatoms. The number of likely N-dealkylation sites (tertiary alicyclic amines) is 2. The molecular weight excluding hydrogens is 318 g/mol. The number of hydrogen-bond donors (Lipinski definition) is 0. The van der Waals surface area contributed by atoms with Gasteiger partial charge < -0.3 is 14.5 Å². The van der Waals surface area contributed by atoms with E-state index in [-0.39, 0.29) is 30.5 Å². The minimum atomic E-state index is -0.0120. The molecule has 0 aromatic heterocycles. The third-order valence-electron chi connectivity index (χ3n) is 5.35. The number of piperidine rings is 2. The number of rotatable bonds is 6. The molecule has 0 aromatic rings. The fourth-order valence-electron chi connectivity index (χ4n) is 3.75. The second kappa shape index (κ2) is 9.79. The van der Waals surface area contributed by atoms with Crippen molar-refractivity contribution in [2.24, 2.45) is 0 Å². The largest absolute Gasteiger partial charge is 0.368 e. The van der Waals surface area contributed by atoms with Gasteiger partial charge in [-0.1, -0.05) is 12.3 Å². The van der Waals surface area contributed by atoms with E-state index in [9.17, 15) is 9.59 Å². The highest BCUT2D eigenvalue weighted by atomic mass is 16.5. The predicted molar refractivity (Wildman–Crippen MR) is 96.9 cm³/mol. The Balaban J connectivity index is 1.85. The van der Waals surface area contributed by atoms with Crippen LogP contribution in [0.25, 0.3) is 0 Å². The second-order valence-corrected chi connectivity index (χ2v) is 7.08. The zero-order valence-corrected chi connectivity index (χ0v) is 15.6. The van der Waals surface area contributed by atoms with Crippen molar-refractivity contribution in [3.8, 4) is 12.3 Å². The van der Waals surface area contributed by atoms with E-state index in [0.717, 1.165) is 45.2 Å². The van der Waals surface area contributed by atoms with Crippen LogP contribution in [-0.4, -0.2) is 85.5 Å². The molecule has 2 atom stereocenters. The van der Waals surface area contributed by atoms with Gasteiger partial charge in [-0.05, 0) is 39.3 Å². The maximum absolute atomic E-state index is 12.9. The maximum Gasteiger partial charge on any atom is 0.239 e. The maximum atomic E-state index is 12.9. The van der Waals surface area contributed by atoms with Crippen molar-refractivity contribution in [1.29, 1.82) is 0 Å². The summed E-state index contributed by atoms with van der Waals surface area (Å²) >= 11 is 0. The van der Waals surface area contributed by atoms with E-state index in [1.54, 1.807) is 0 Å². The first kappa shape index (κ1) is 19.7. The summed E-state index contributed by atoms with van der Waals surface area (Å²) in [5.41, 5.74) is 0. The molecule has 140 valence electrons. The number of terminal acetylenes is 1. The van der Waals surface area contributed by atoms with Crippen LogP contribution in [0.15, 0.2) is 0 Å². The van der Waals surface area contributed by atoms with Crippen LogP contribution in [0, 0.1) is 12.3 Å². The van der Waals surface area contributed by atoms with E-state index in [2.05, 4.69) is 10.8 Å². The Hall–Kier alpha value is -1.58. The quantitative estimate of drug-likeness (QED) is 0.529. The predicted octanol–water partition coefficient (Wildman–Crippen LogP) is 0.960. The van der Waals surface area contributed by atoms with Crippen LogP contribution in [0.3, 0.4) is 0 Å². The Labute approximate surface area is 151 Å². The first-order valence-electron chi connectivity index (χ1n) is 9.30. The Bertz CT molecular complexity index is 503. The molecule has 6 nitrogen and oxygen atoms in total. The van der Waals surface area contributed by atoms with Crippen LogP contribution in [-0.2, 0) is 14.3 Å². The highest BCUT2D eigenvalue weighted by Gasteiger charge is 2.33. The first-order chi connectivity index (χ1) is 12.0. The molecular formula is C19H31N3O3. The third-order valence-corrected chi connectivity index (χ3v) is 5.35. The summed E-state index contributed by atoms with van der Waals surface area (Å²) in [6.07, 6.45) is 10.6. The van der Waals surface area contributed by atoms with E-state index < -0.39 is 0 Å². The van der Waals surface area contributed by atoms with Gasteiger partial charge in [0.15, 0.2) is 0 Å². The molecule has 2 amide bonds. The van der Waals surface area contributed by atoms with E-state index in [1.165, 1.54) is 0 Å². The Kier molecular flexibility index (Phi) is 7.73. The summed E-state index contributed by atoms with van der Waals surface area (Å²) in [6, 6.07) is 0.0918. The number of nitrogens with zero attached hydrogens (tertiary/aromatic N) is 3. The molecule has 0 saturated carbocycles. The van der Waals surface area contributed by atoms with Crippen LogP contribution in [0.5, 0.6) is 0 Å². The number of carbonyl (C=O) groups is 2. The van der Waals surface area contributed by atoms with Gasteiger partial charge in [-0.3, -0.25) is 14.5 Å². The van der Waals surface area contributed by atoms with Crippen molar-refractivity contribution in [3.05, 3.63) is 0 Å². The fourth-order valence-corrected chi connectivity index (χ4v) is 3.75. The molecule has 2 aliphatic heterocycles. The lowest BCUT2D eigenvalue weighted by atomic mass is 9.99. The molecule has 2 rings (SSSR count). The summed E-state index contributed by atoms with van der Waals surface area (Å²) in [6.45, 7) is 2.95. The van der Waals surface area contributed by atoms with E-state index >= 15 is 0 Å². The molecule has 2 aliphatic rings. The summed E-state index contributed by atoms with van der Waals surface area (Å²) < 4.78 is 5.19. The number of hydrogen-bond acceptors (Lipinski definition) is 4. The van der Waals surface area contributed by atoms with Gasteiger partial charge in [0.2, 0.25) is 11.8 Å². The minimum absolute atomic E-state index is 0.0120. The van der Waals surface area contributed by atoms with Gasteiger partial charge in [0.25, 0.3) is 0 Å². The lowest BCUT2D eigenvalue weighted by Crippen LogP contribution is -2.55. The van der Waals surface area contributed by atoms with Crippen molar-refractivity contribution in [2.75, 3.05) is 46.9 Å². The van der Waals surface area contributed by atoms with Crippen molar-refractivity contribution < 1.29 is 14.3 Å². The number of carbonyl (C=O) groups excluding carboxylic acids is 2.